The number of amides is 1. The lowest BCUT2D eigenvalue weighted by Crippen LogP contribution is -2.63. The minimum absolute atomic E-state index is 0.0602. The van der Waals surface area contributed by atoms with Gasteiger partial charge in [0.05, 0.1) is 17.9 Å². The molecule has 208 valence electrons. The van der Waals surface area contributed by atoms with Crippen LogP contribution in [0.25, 0.3) is 22.8 Å². The van der Waals surface area contributed by atoms with Gasteiger partial charge in [-0.05, 0) is 56.6 Å². The number of likely N-dealkylation sites (N-methyl/N-ethyl adjacent to an activating group) is 1. The number of ketones is 2. The molecule has 3 aliphatic carbocycles. The molecule has 0 aliphatic heterocycles. The Bertz CT molecular complexity index is 1680. The summed E-state index contributed by atoms with van der Waals surface area (Å²) < 4.78 is 11.4. The fraction of sp³-hybridized carbons (Fsp3) is 0.357. The highest BCUT2D eigenvalue weighted by Crippen LogP contribution is 2.53. The third kappa shape index (κ3) is 3.26. The van der Waals surface area contributed by atoms with Crippen molar-refractivity contribution in [3.8, 4) is 11.7 Å². The Morgan fingerprint density at radius 2 is 1.93 bits per heavy atom. The standard InChI is InChI=1S/C28H28N4O8/c1-31(2)15-10-14-23(40-27(30-14)16-6-5-7-39-16)18-12(15)8-11-9-13-20(32(3)4)22(34)19(26(29)37)25(36)28(13,38)24(35)17(11)21(18)33/h5-7,10-11,13,20,34-35,38H,8-9H2,1-4H3,(H2,29,37)/t11-,13-,20-,28-/m0/s1. The largest absolute Gasteiger partial charge is 0.510 e. The number of Topliss-reactive ketones (excluding diaryl/α,β-unsaturated/α-hetero) is 2. The number of aliphatic hydroxyl groups is 3. The first-order chi connectivity index (χ1) is 18.9. The monoisotopic (exact) mass is 548 g/mol. The fourth-order valence-corrected chi connectivity index (χ4v) is 6.59. The molecule has 0 bridgehead atoms. The van der Waals surface area contributed by atoms with Crippen LogP contribution in [0.4, 0.5) is 5.69 Å². The van der Waals surface area contributed by atoms with Gasteiger partial charge in [-0.2, -0.15) is 0 Å². The van der Waals surface area contributed by atoms with Crippen molar-refractivity contribution in [1.29, 1.82) is 0 Å². The molecule has 5 N–H and O–H groups in total. The summed E-state index contributed by atoms with van der Waals surface area (Å²) in [6.07, 6.45) is 1.80. The number of benzene rings is 1. The van der Waals surface area contributed by atoms with E-state index in [0.717, 1.165) is 5.69 Å². The van der Waals surface area contributed by atoms with Gasteiger partial charge in [-0.1, -0.05) is 0 Å². The number of carbonyl (C=O) groups excluding carboxylic acids is 3. The number of nitrogens with two attached hydrogens (primary N) is 1. The van der Waals surface area contributed by atoms with E-state index < -0.39 is 58.0 Å². The SMILES string of the molecule is CN(C)c1cc2nc(-c3ccco3)oc2c2c1C[C@H]1C[C@H]3[C@H](N(C)C)C(O)=C(C(N)=O)C(=O)[C@@]3(O)C(O)=C1C2=O. The van der Waals surface area contributed by atoms with Crippen molar-refractivity contribution in [2.24, 2.45) is 17.6 Å². The van der Waals surface area contributed by atoms with Gasteiger partial charge < -0.3 is 34.8 Å². The number of furan rings is 1. The van der Waals surface area contributed by atoms with Gasteiger partial charge in [0, 0.05) is 31.3 Å². The van der Waals surface area contributed by atoms with Crippen molar-refractivity contribution >= 4 is 34.3 Å². The Kier molecular flexibility index (Phi) is 5.51. The second-order valence-electron chi connectivity index (χ2n) is 11.0. The molecule has 0 radical (unpaired) electrons. The zero-order valence-electron chi connectivity index (χ0n) is 22.3. The van der Waals surface area contributed by atoms with E-state index in [1.165, 1.54) is 11.2 Å². The summed E-state index contributed by atoms with van der Waals surface area (Å²) in [4.78, 5) is 47.8. The number of aromatic nitrogens is 1. The lowest BCUT2D eigenvalue weighted by Gasteiger charge is -2.50. The van der Waals surface area contributed by atoms with E-state index in [9.17, 15) is 29.7 Å². The number of anilines is 1. The van der Waals surface area contributed by atoms with Crippen LogP contribution in [0.2, 0.25) is 0 Å². The number of oxazole rings is 1. The van der Waals surface area contributed by atoms with Crippen molar-refractivity contribution in [3.63, 3.8) is 0 Å². The highest BCUT2D eigenvalue weighted by molar-refractivity contribution is 6.25. The Balaban J connectivity index is 1.59. The lowest BCUT2D eigenvalue weighted by molar-refractivity contribution is -0.148. The third-order valence-corrected chi connectivity index (χ3v) is 8.29. The van der Waals surface area contributed by atoms with E-state index in [1.807, 2.05) is 25.1 Å². The zero-order chi connectivity index (χ0) is 28.8. The fourth-order valence-electron chi connectivity index (χ4n) is 6.59. The van der Waals surface area contributed by atoms with Gasteiger partial charge >= 0.3 is 0 Å². The van der Waals surface area contributed by atoms with Crippen LogP contribution in [0.3, 0.4) is 0 Å². The summed E-state index contributed by atoms with van der Waals surface area (Å²) in [7, 11) is 6.87. The van der Waals surface area contributed by atoms with Crippen molar-refractivity contribution in [2.75, 3.05) is 33.1 Å². The maximum absolute atomic E-state index is 14.2. The molecule has 12 nitrogen and oxygen atoms in total. The maximum Gasteiger partial charge on any atom is 0.263 e. The smallest absolute Gasteiger partial charge is 0.263 e. The van der Waals surface area contributed by atoms with E-state index in [0.29, 0.717) is 16.8 Å². The number of hydrogen-bond donors (Lipinski definition) is 4. The number of fused-ring (bicyclic) bond motifs is 5. The molecule has 3 aromatic rings. The van der Waals surface area contributed by atoms with Crippen LogP contribution in [0.15, 0.2) is 56.0 Å². The summed E-state index contributed by atoms with van der Waals surface area (Å²) in [6.45, 7) is 0. The van der Waals surface area contributed by atoms with Gasteiger partial charge in [-0.25, -0.2) is 4.98 Å². The molecular weight excluding hydrogens is 520 g/mol. The minimum Gasteiger partial charge on any atom is -0.510 e. The molecule has 0 spiro atoms. The van der Waals surface area contributed by atoms with E-state index in [4.69, 9.17) is 14.6 Å². The Labute approximate surface area is 228 Å². The summed E-state index contributed by atoms with van der Waals surface area (Å²) in [5, 5.41) is 34.3. The molecule has 6 rings (SSSR count). The average molecular weight is 549 g/mol. The zero-order valence-corrected chi connectivity index (χ0v) is 22.3. The Morgan fingerprint density at radius 3 is 2.52 bits per heavy atom. The Morgan fingerprint density at radius 1 is 1.20 bits per heavy atom. The van der Waals surface area contributed by atoms with Crippen LogP contribution in [0.5, 0.6) is 0 Å². The quantitative estimate of drug-likeness (QED) is 0.349. The van der Waals surface area contributed by atoms with E-state index in [1.54, 1.807) is 26.2 Å². The molecule has 1 amide bonds. The third-order valence-electron chi connectivity index (χ3n) is 8.29. The second kappa shape index (κ2) is 8.54. The van der Waals surface area contributed by atoms with Crippen molar-refractivity contribution in [2.45, 2.75) is 24.5 Å². The van der Waals surface area contributed by atoms with E-state index in [2.05, 4.69) is 4.98 Å². The molecule has 3 aliphatic rings. The molecule has 0 fully saturated rings. The van der Waals surface area contributed by atoms with Crippen LogP contribution in [0, 0.1) is 11.8 Å². The molecular formula is C28H28N4O8. The molecule has 0 saturated carbocycles. The molecule has 0 saturated heterocycles. The van der Waals surface area contributed by atoms with E-state index >= 15 is 0 Å². The molecule has 0 unspecified atom stereocenters. The van der Waals surface area contributed by atoms with Gasteiger partial charge in [-0.3, -0.25) is 19.3 Å². The van der Waals surface area contributed by atoms with Crippen molar-refractivity contribution in [3.05, 3.63) is 58.3 Å². The maximum atomic E-state index is 14.2. The predicted octanol–water partition coefficient (Wildman–Crippen LogP) is 1.88. The van der Waals surface area contributed by atoms with Gasteiger partial charge in [0.1, 0.15) is 22.6 Å². The summed E-state index contributed by atoms with van der Waals surface area (Å²) in [6, 6.07) is 4.14. The van der Waals surface area contributed by atoms with Gasteiger partial charge in [0.2, 0.25) is 5.78 Å². The second-order valence-corrected chi connectivity index (χ2v) is 11.0. The number of rotatable bonds is 4. The van der Waals surface area contributed by atoms with Crippen LogP contribution in [-0.4, -0.2) is 82.5 Å². The normalized spacial score (nSPS) is 26.3. The predicted molar refractivity (Wildman–Crippen MR) is 142 cm³/mol. The van der Waals surface area contributed by atoms with Crippen molar-refractivity contribution in [1.82, 2.24) is 9.88 Å². The molecule has 1 aromatic carbocycles. The van der Waals surface area contributed by atoms with Crippen LogP contribution in [0.1, 0.15) is 22.3 Å². The van der Waals surface area contributed by atoms with Crippen LogP contribution < -0.4 is 10.6 Å². The van der Waals surface area contributed by atoms with Crippen molar-refractivity contribution < 1.29 is 38.5 Å². The van der Waals surface area contributed by atoms with Gasteiger partial charge in [0.15, 0.2) is 22.7 Å². The number of hydrogen-bond acceptors (Lipinski definition) is 11. The van der Waals surface area contributed by atoms with Gasteiger partial charge in [0.25, 0.3) is 11.8 Å². The number of allylic oxidation sites excluding steroid dienone is 1. The summed E-state index contributed by atoms with van der Waals surface area (Å²) >= 11 is 0. The first-order valence-corrected chi connectivity index (χ1v) is 12.7. The van der Waals surface area contributed by atoms with Gasteiger partial charge in [-0.15, -0.1) is 0 Å². The molecule has 2 heterocycles. The Hall–Kier alpha value is -4.42. The highest BCUT2D eigenvalue weighted by atomic mass is 16.4. The first-order valence-electron chi connectivity index (χ1n) is 12.7. The number of aliphatic hydroxyl groups excluding tert-OH is 2. The highest BCUT2D eigenvalue weighted by Gasteiger charge is 2.63. The van der Waals surface area contributed by atoms with Crippen LogP contribution >= 0.6 is 0 Å². The number of primary amides is 1. The summed E-state index contributed by atoms with van der Waals surface area (Å²) in [5.41, 5.74) is 3.92. The minimum atomic E-state index is -2.65. The lowest BCUT2D eigenvalue weighted by atomic mass is 9.58. The molecule has 40 heavy (non-hydrogen) atoms. The first kappa shape index (κ1) is 25.8. The molecule has 2 aromatic heterocycles. The van der Waals surface area contributed by atoms with E-state index in [-0.39, 0.29) is 35.5 Å². The number of nitrogens with zero attached hydrogens (tertiary/aromatic N) is 3. The summed E-state index contributed by atoms with van der Waals surface area (Å²) in [5.74, 6) is -5.67. The molecule has 12 heteroatoms. The molecule has 4 atom stereocenters. The number of carbonyl (C=O) groups is 3. The topological polar surface area (TPSA) is 184 Å². The average Bonchev–Trinajstić information content (AvgIpc) is 3.55. The van der Waals surface area contributed by atoms with Crippen LogP contribution in [-0.2, 0) is 16.0 Å².